The molecule has 2 N–H and O–H groups in total. The number of amides is 2. The van der Waals surface area contributed by atoms with Crippen molar-refractivity contribution in [1.82, 2.24) is 10.2 Å². The molecule has 1 rings (SSSR count). The van der Waals surface area contributed by atoms with Gasteiger partial charge < -0.3 is 15.3 Å². The summed E-state index contributed by atoms with van der Waals surface area (Å²) in [6, 6.07) is -1.17. The molecule has 1 saturated heterocycles. The zero-order valence-corrected chi connectivity index (χ0v) is 15.4. The maximum absolute atomic E-state index is 12.8. The molecule has 0 aliphatic carbocycles. The van der Waals surface area contributed by atoms with Gasteiger partial charge in [-0.2, -0.15) is 0 Å². The fourth-order valence-electron chi connectivity index (χ4n) is 3.33. The lowest BCUT2D eigenvalue weighted by Crippen LogP contribution is -2.64. The monoisotopic (exact) mass is 340 g/mol. The van der Waals surface area contributed by atoms with Crippen molar-refractivity contribution in [3.05, 3.63) is 0 Å². The van der Waals surface area contributed by atoms with Crippen LogP contribution in [0.2, 0.25) is 0 Å². The maximum Gasteiger partial charge on any atom is 0.303 e. The van der Waals surface area contributed by atoms with Crippen molar-refractivity contribution in [2.24, 2.45) is 11.8 Å². The first-order valence-electron chi connectivity index (χ1n) is 9.14. The lowest BCUT2D eigenvalue weighted by molar-refractivity contribution is -0.152. The molecule has 0 aromatic rings. The van der Waals surface area contributed by atoms with Crippen molar-refractivity contribution in [3.63, 3.8) is 0 Å². The van der Waals surface area contributed by atoms with Gasteiger partial charge >= 0.3 is 5.97 Å². The molecule has 0 saturated carbocycles. The number of nitrogens with one attached hydrogen (secondary N) is 1. The van der Waals surface area contributed by atoms with Gasteiger partial charge in [-0.3, -0.25) is 14.4 Å². The Morgan fingerprint density at radius 3 is 2.42 bits per heavy atom. The number of carboxylic acids is 1. The second-order valence-corrected chi connectivity index (χ2v) is 7.06. The second-order valence-electron chi connectivity index (χ2n) is 7.06. The highest BCUT2D eigenvalue weighted by Gasteiger charge is 2.41. The van der Waals surface area contributed by atoms with E-state index in [1.54, 1.807) is 4.90 Å². The molecule has 6 nitrogen and oxygen atoms in total. The molecule has 1 aliphatic heterocycles. The van der Waals surface area contributed by atoms with Crippen LogP contribution < -0.4 is 5.32 Å². The van der Waals surface area contributed by atoms with E-state index < -0.39 is 18.1 Å². The first-order valence-corrected chi connectivity index (χ1v) is 9.14. The Morgan fingerprint density at radius 2 is 1.92 bits per heavy atom. The van der Waals surface area contributed by atoms with Crippen LogP contribution in [0.4, 0.5) is 0 Å². The molecule has 1 fully saturated rings. The Kier molecular flexibility index (Phi) is 8.22. The van der Waals surface area contributed by atoms with Gasteiger partial charge in [-0.05, 0) is 24.7 Å². The van der Waals surface area contributed by atoms with Crippen LogP contribution in [0, 0.1) is 11.8 Å². The van der Waals surface area contributed by atoms with Crippen LogP contribution >= 0.6 is 0 Å². The fourth-order valence-corrected chi connectivity index (χ4v) is 3.33. The summed E-state index contributed by atoms with van der Waals surface area (Å²) in [6.45, 7) is 8.63. The minimum atomic E-state index is -0.946. The minimum absolute atomic E-state index is 0.0157. The normalized spacial score (nSPS) is 22.6. The van der Waals surface area contributed by atoms with Crippen LogP contribution in [0.5, 0.6) is 0 Å². The summed E-state index contributed by atoms with van der Waals surface area (Å²) in [5.41, 5.74) is 0. The first-order chi connectivity index (χ1) is 11.3. The summed E-state index contributed by atoms with van der Waals surface area (Å²) in [5, 5.41) is 11.7. The molecule has 0 spiro atoms. The van der Waals surface area contributed by atoms with E-state index in [4.69, 9.17) is 5.11 Å². The zero-order valence-electron chi connectivity index (χ0n) is 15.4. The van der Waals surface area contributed by atoms with E-state index in [0.717, 1.165) is 25.7 Å². The van der Waals surface area contributed by atoms with Gasteiger partial charge in [0.05, 0.1) is 0 Å². The second kappa shape index (κ2) is 9.64. The molecule has 0 radical (unpaired) electrons. The highest BCUT2D eigenvalue weighted by molar-refractivity contribution is 5.97. The van der Waals surface area contributed by atoms with E-state index in [-0.39, 0.29) is 30.6 Å². The van der Waals surface area contributed by atoms with Gasteiger partial charge in [0.25, 0.3) is 0 Å². The molecule has 1 aliphatic rings. The Labute approximate surface area is 145 Å². The molecule has 24 heavy (non-hydrogen) atoms. The minimum Gasteiger partial charge on any atom is -0.481 e. The van der Waals surface area contributed by atoms with Crippen LogP contribution in [0.15, 0.2) is 0 Å². The number of carbonyl (C=O) groups is 3. The Balaban J connectivity index is 2.87. The fraction of sp³-hybridized carbons (Fsp3) is 0.833. The molecule has 6 heteroatoms. The maximum atomic E-state index is 12.8. The quantitative estimate of drug-likeness (QED) is 0.639. The van der Waals surface area contributed by atoms with Gasteiger partial charge in [-0.15, -0.1) is 0 Å². The highest BCUT2D eigenvalue weighted by Crippen LogP contribution is 2.22. The lowest BCUT2D eigenvalue weighted by Gasteiger charge is -2.40. The molecular weight excluding hydrogens is 308 g/mol. The van der Waals surface area contributed by atoms with Gasteiger partial charge in [0.2, 0.25) is 11.8 Å². The summed E-state index contributed by atoms with van der Waals surface area (Å²) < 4.78 is 0. The third kappa shape index (κ3) is 5.49. The zero-order chi connectivity index (χ0) is 18.3. The van der Waals surface area contributed by atoms with Gasteiger partial charge in [-0.25, -0.2) is 0 Å². The largest absolute Gasteiger partial charge is 0.481 e. The molecule has 3 atom stereocenters. The molecule has 138 valence electrons. The van der Waals surface area contributed by atoms with E-state index >= 15 is 0 Å². The van der Waals surface area contributed by atoms with Crippen molar-refractivity contribution in [2.75, 3.05) is 6.54 Å². The Bertz CT molecular complexity index is 450. The van der Waals surface area contributed by atoms with Crippen molar-refractivity contribution in [2.45, 2.75) is 78.3 Å². The van der Waals surface area contributed by atoms with Crippen LogP contribution in [0.3, 0.4) is 0 Å². The van der Waals surface area contributed by atoms with E-state index in [0.29, 0.717) is 12.5 Å². The van der Waals surface area contributed by atoms with Gasteiger partial charge in [-0.1, -0.05) is 47.0 Å². The predicted molar refractivity (Wildman–Crippen MR) is 92.4 cm³/mol. The van der Waals surface area contributed by atoms with Crippen LogP contribution in [-0.2, 0) is 14.4 Å². The molecule has 0 unspecified atom stereocenters. The van der Waals surface area contributed by atoms with Crippen molar-refractivity contribution < 1.29 is 19.5 Å². The van der Waals surface area contributed by atoms with E-state index in [2.05, 4.69) is 19.2 Å². The summed E-state index contributed by atoms with van der Waals surface area (Å²) >= 11 is 0. The number of rotatable bonds is 10. The van der Waals surface area contributed by atoms with Crippen LogP contribution in [0.1, 0.15) is 66.2 Å². The van der Waals surface area contributed by atoms with E-state index in [1.807, 2.05) is 13.8 Å². The molecular formula is C18H32N2O4. The third-order valence-electron chi connectivity index (χ3n) is 4.88. The van der Waals surface area contributed by atoms with Crippen molar-refractivity contribution in [3.8, 4) is 0 Å². The number of hydrogen-bond donors (Lipinski definition) is 2. The standard InChI is InChI=1S/C18H32N2O4/c1-5-7-13(6-2)10-11-20-14(8-9-15(21)22)17(23)19-16(12(3)4)18(20)24/h12-14,16H,5-11H2,1-4H3,(H,19,23)(H,21,22)/t13-,14-,16+/m1/s1. The van der Waals surface area contributed by atoms with Gasteiger partial charge in [0, 0.05) is 13.0 Å². The highest BCUT2D eigenvalue weighted by atomic mass is 16.4. The van der Waals surface area contributed by atoms with Crippen LogP contribution in [-0.4, -0.2) is 46.4 Å². The summed E-state index contributed by atoms with van der Waals surface area (Å²) in [4.78, 5) is 37.7. The van der Waals surface area contributed by atoms with Gasteiger partial charge in [0.15, 0.2) is 0 Å². The predicted octanol–water partition coefficient (Wildman–Crippen LogP) is 2.42. The van der Waals surface area contributed by atoms with Gasteiger partial charge in [0.1, 0.15) is 12.1 Å². The molecule has 2 amide bonds. The molecule has 0 aromatic heterocycles. The number of piperazine rings is 1. The molecule has 1 heterocycles. The molecule has 0 bridgehead atoms. The molecule has 0 aromatic carbocycles. The average Bonchev–Trinajstić information content (AvgIpc) is 2.52. The lowest BCUT2D eigenvalue weighted by atomic mass is 9.93. The smallest absolute Gasteiger partial charge is 0.303 e. The summed E-state index contributed by atoms with van der Waals surface area (Å²) in [5.74, 6) is -0.699. The third-order valence-corrected chi connectivity index (χ3v) is 4.88. The number of carbonyl (C=O) groups excluding carboxylic acids is 2. The Morgan fingerprint density at radius 1 is 1.25 bits per heavy atom. The summed E-state index contributed by atoms with van der Waals surface area (Å²) in [7, 11) is 0. The SMILES string of the molecule is CCC[C@@H](CC)CCN1C(=O)[C@H](C(C)C)NC(=O)[C@H]1CCC(=O)O. The Hall–Kier alpha value is -1.59. The van der Waals surface area contributed by atoms with Crippen molar-refractivity contribution >= 4 is 17.8 Å². The topological polar surface area (TPSA) is 86.7 Å². The van der Waals surface area contributed by atoms with E-state index in [1.165, 1.54) is 0 Å². The number of aliphatic carboxylic acids is 1. The number of hydrogen-bond acceptors (Lipinski definition) is 3. The van der Waals surface area contributed by atoms with E-state index in [9.17, 15) is 14.4 Å². The number of nitrogens with zero attached hydrogens (tertiary/aromatic N) is 1. The summed E-state index contributed by atoms with van der Waals surface area (Å²) in [6.07, 6.45) is 4.18. The van der Waals surface area contributed by atoms with Crippen molar-refractivity contribution in [1.29, 1.82) is 0 Å². The first kappa shape index (κ1) is 20.5. The number of carboxylic acid groups (broad SMARTS) is 1. The average molecular weight is 340 g/mol. The van der Waals surface area contributed by atoms with Crippen LogP contribution in [0.25, 0.3) is 0 Å².